The minimum atomic E-state index is 0.0707. The van der Waals surface area contributed by atoms with Gasteiger partial charge in [0.15, 0.2) is 0 Å². The van der Waals surface area contributed by atoms with E-state index in [9.17, 15) is 4.79 Å². The molecular formula is C11H18N2OS. The molecule has 0 bridgehead atoms. The van der Waals surface area contributed by atoms with Gasteiger partial charge in [-0.2, -0.15) is 0 Å². The van der Waals surface area contributed by atoms with Crippen LogP contribution in [-0.2, 0) is 11.2 Å². The van der Waals surface area contributed by atoms with Crippen LogP contribution in [0.5, 0.6) is 0 Å². The third-order valence-electron chi connectivity index (χ3n) is 2.20. The van der Waals surface area contributed by atoms with E-state index in [4.69, 9.17) is 5.73 Å². The smallest absolute Gasteiger partial charge is 0.225 e. The lowest BCUT2D eigenvalue weighted by molar-refractivity contribution is -0.121. The highest BCUT2D eigenvalue weighted by atomic mass is 32.1. The van der Waals surface area contributed by atoms with Crippen LogP contribution in [0.15, 0.2) is 17.5 Å². The molecule has 0 fully saturated rings. The van der Waals surface area contributed by atoms with E-state index >= 15 is 0 Å². The average molecular weight is 226 g/mol. The second-order valence-corrected chi connectivity index (χ2v) is 4.58. The third kappa shape index (κ3) is 4.44. The maximum atomic E-state index is 11.6. The van der Waals surface area contributed by atoms with Gasteiger partial charge in [0.05, 0.1) is 6.42 Å². The van der Waals surface area contributed by atoms with Crippen LogP contribution < -0.4 is 11.1 Å². The predicted octanol–water partition coefficient (Wildman–Crippen LogP) is 1.53. The first-order valence-corrected chi connectivity index (χ1v) is 6.16. The van der Waals surface area contributed by atoms with E-state index in [0.717, 1.165) is 17.7 Å². The van der Waals surface area contributed by atoms with E-state index in [0.29, 0.717) is 13.0 Å². The van der Waals surface area contributed by atoms with Gasteiger partial charge in [-0.05, 0) is 17.9 Å². The van der Waals surface area contributed by atoms with Gasteiger partial charge in [-0.25, -0.2) is 0 Å². The second kappa shape index (κ2) is 6.58. The van der Waals surface area contributed by atoms with Crippen molar-refractivity contribution < 1.29 is 4.79 Å². The first kappa shape index (κ1) is 12.2. The summed E-state index contributed by atoms with van der Waals surface area (Å²) < 4.78 is 0. The number of nitrogens with two attached hydrogens (primary N) is 1. The number of carbonyl (C=O) groups is 1. The summed E-state index contributed by atoms with van der Waals surface area (Å²) >= 11 is 1.61. The van der Waals surface area contributed by atoms with Crippen LogP contribution in [0.1, 0.15) is 24.6 Å². The summed E-state index contributed by atoms with van der Waals surface area (Å²) in [4.78, 5) is 12.7. The normalized spacial score (nSPS) is 12.4. The Bertz CT molecular complexity index is 285. The summed E-state index contributed by atoms with van der Waals surface area (Å²) in [5, 5.41) is 4.93. The molecule has 0 aliphatic heterocycles. The molecule has 0 saturated carbocycles. The van der Waals surface area contributed by atoms with E-state index in [2.05, 4.69) is 12.2 Å². The van der Waals surface area contributed by atoms with Crippen molar-refractivity contribution in [3.8, 4) is 0 Å². The number of hydrogen-bond acceptors (Lipinski definition) is 3. The monoisotopic (exact) mass is 226 g/mol. The molecule has 1 heterocycles. The van der Waals surface area contributed by atoms with E-state index in [1.165, 1.54) is 0 Å². The topological polar surface area (TPSA) is 55.1 Å². The van der Waals surface area contributed by atoms with Gasteiger partial charge in [0, 0.05) is 17.5 Å². The summed E-state index contributed by atoms with van der Waals surface area (Å²) in [6.07, 6.45) is 2.46. The van der Waals surface area contributed by atoms with Crippen molar-refractivity contribution in [2.75, 3.05) is 6.54 Å². The van der Waals surface area contributed by atoms with Crippen molar-refractivity contribution in [2.24, 2.45) is 5.73 Å². The Morgan fingerprint density at radius 1 is 1.67 bits per heavy atom. The van der Waals surface area contributed by atoms with Gasteiger partial charge in [0.25, 0.3) is 0 Å². The Labute approximate surface area is 94.7 Å². The first-order chi connectivity index (χ1) is 7.26. The van der Waals surface area contributed by atoms with Gasteiger partial charge in [-0.1, -0.05) is 19.4 Å². The maximum Gasteiger partial charge on any atom is 0.225 e. The molecule has 84 valence electrons. The van der Waals surface area contributed by atoms with Crippen LogP contribution in [0.25, 0.3) is 0 Å². The lowest BCUT2D eigenvalue weighted by Crippen LogP contribution is -2.40. The quantitative estimate of drug-likeness (QED) is 0.773. The number of hydrogen-bond donors (Lipinski definition) is 2. The summed E-state index contributed by atoms with van der Waals surface area (Å²) in [5.74, 6) is 0.0707. The van der Waals surface area contributed by atoms with Crippen molar-refractivity contribution in [3.05, 3.63) is 22.4 Å². The summed E-state index contributed by atoms with van der Waals surface area (Å²) in [6.45, 7) is 2.61. The number of amides is 1. The zero-order valence-electron chi connectivity index (χ0n) is 9.03. The van der Waals surface area contributed by atoms with Crippen molar-refractivity contribution in [2.45, 2.75) is 32.2 Å². The van der Waals surface area contributed by atoms with Crippen LogP contribution in [-0.4, -0.2) is 18.5 Å². The van der Waals surface area contributed by atoms with Crippen LogP contribution >= 0.6 is 11.3 Å². The standard InChI is InChI=1S/C11H18N2OS/c1-2-4-9(8-12)13-11(14)7-10-5-3-6-15-10/h3,5-6,9H,2,4,7-8,12H2,1H3,(H,13,14). The fourth-order valence-electron chi connectivity index (χ4n) is 1.45. The van der Waals surface area contributed by atoms with Crippen LogP contribution in [0.4, 0.5) is 0 Å². The highest BCUT2D eigenvalue weighted by Gasteiger charge is 2.10. The van der Waals surface area contributed by atoms with E-state index < -0.39 is 0 Å². The van der Waals surface area contributed by atoms with Crippen LogP contribution in [0.2, 0.25) is 0 Å². The molecule has 1 unspecified atom stereocenters. The Hall–Kier alpha value is -0.870. The van der Waals surface area contributed by atoms with Gasteiger partial charge < -0.3 is 11.1 Å². The Balaban J connectivity index is 2.34. The van der Waals surface area contributed by atoms with Gasteiger partial charge >= 0.3 is 0 Å². The minimum absolute atomic E-state index is 0.0707. The fourth-order valence-corrected chi connectivity index (χ4v) is 2.15. The molecule has 3 nitrogen and oxygen atoms in total. The lowest BCUT2D eigenvalue weighted by Gasteiger charge is -2.15. The highest BCUT2D eigenvalue weighted by Crippen LogP contribution is 2.09. The molecular weight excluding hydrogens is 208 g/mol. The molecule has 0 aromatic carbocycles. The molecule has 0 spiro atoms. The molecule has 1 aromatic rings. The second-order valence-electron chi connectivity index (χ2n) is 3.54. The lowest BCUT2D eigenvalue weighted by atomic mass is 10.1. The van der Waals surface area contributed by atoms with Crippen molar-refractivity contribution >= 4 is 17.2 Å². The largest absolute Gasteiger partial charge is 0.352 e. The number of thiophene rings is 1. The molecule has 0 saturated heterocycles. The van der Waals surface area contributed by atoms with Crippen molar-refractivity contribution in [1.82, 2.24) is 5.32 Å². The summed E-state index contributed by atoms with van der Waals surface area (Å²) in [7, 11) is 0. The highest BCUT2D eigenvalue weighted by molar-refractivity contribution is 7.10. The molecule has 1 amide bonds. The third-order valence-corrected chi connectivity index (χ3v) is 3.08. The number of nitrogens with one attached hydrogen (secondary N) is 1. The molecule has 1 rings (SSSR count). The summed E-state index contributed by atoms with van der Waals surface area (Å²) in [6, 6.07) is 4.06. The zero-order valence-corrected chi connectivity index (χ0v) is 9.85. The SMILES string of the molecule is CCCC(CN)NC(=O)Cc1cccs1. The minimum Gasteiger partial charge on any atom is -0.352 e. The van der Waals surface area contributed by atoms with Crippen molar-refractivity contribution in [1.29, 1.82) is 0 Å². The molecule has 1 atom stereocenters. The predicted molar refractivity (Wildman–Crippen MR) is 63.9 cm³/mol. The fraction of sp³-hybridized carbons (Fsp3) is 0.545. The van der Waals surface area contributed by atoms with Gasteiger partial charge in [0.2, 0.25) is 5.91 Å². The van der Waals surface area contributed by atoms with Crippen LogP contribution in [0.3, 0.4) is 0 Å². The molecule has 3 N–H and O–H groups in total. The van der Waals surface area contributed by atoms with Gasteiger partial charge in [-0.3, -0.25) is 4.79 Å². The Kier molecular flexibility index (Phi) is 5.36. The molecule has 0 aliphatic rings. The maximum absolute atomic E-state index is 11.6. The van der Waals surface area contributed by atoms with Gasteiger partial charge in [-0.15, -0.1) is 11.3 Å². The van der Waals surface area contributed by atoms with E-state index in [1.807, 2.05) is 17.5 Å². The van der Waals surface area contributed by atoms with Crippen molar-refractivity contribution in [3.63, 3.8) is 0 Å². The molecule has 4 heteroatoms. The van der Waals surface area contributed by atoms with E-state index in [-0.39, 0.29) is 11.9 Å². The number of carbonyl (C=O) groups excluding carboxylic acids is 1. The molecule has 1 aromatic heterocycles. The zero-order chi connectivity index (χ0) is 11.1. The molecule has 0 aliphatic carbocycles. The molecule has 15 heavy (non-hydrogen) atoms. The van der Waals surface area contributed by atoms with E-state index in [1.54, 1.807) is 11.3 Å². The average Bonchev–Trinajstić information content (AvgIpc) is 2.69. The summed E-state index contributed by atoms with van der Waals surface area (Å²) in [5.41, 5.74) is 5.57. The van der Waals surface area contributed by atoms with Gasteiger partial charge in [0.1, 0.15) is 0 Å². The molecule has 0 radical (unpaired) electrons. The Morgan fingerprint density at radius 2 is 2.47 bits per heavy atom. The first-order valence-electron chi connectivity index (χ1n) is 5.28. The van der Waals surface area contributed by atoms with Crippen LogP contribution in [0, 0.1) is 0 Å². The Morgan fingerprint density at radius 3 is 3.00 bits per heavy atom. The number of rotatable bonds is 6.